The van der Waals surface area contributed by atoms with E-state index >= 15 is 0 Å². The van der Waals surface area contributed by atoms with E-state index in [1.807, 2.05) is 13.8 Å². The van der Waals surface area contributed by atoms with Crippen molar-refractivity contribution >= 4 is 15.9 Å². The van der Waals surface area contributed by atoms with Crippen molar-refractivity contribution in [1.29, 1.82) is 0 Å². The molecule has 0 heterocycles. The first kappa shape index (κ1) is 17.6. The standard InChI is InChI=1S/C14H21FN2O3S/c1-4-17(14(18)9-10-16-21(3,19)20)11(2)12-5-7-13(15)8-6-12/h5-8,11,16H,4,9-10H2,1-3H3/t11-/m1/s1. The van der Waals surface area contributed by atoms with Crippen LogP contribution < -0.4 is 4.72 Å². The van der Waals surface area contributed by atoms with Gasteiger partial charge in [0.05, 0.1) is 12.3 Å². The summed E-state index contributed by atoms with van der Waals surface area (Å²) in [6.45, 7) is 4.28. The minimum absolute atomic E-state index is 0.0737. The first-order valence-corrected chi connectivity index (χ1v) is 8.63. The third kappa shape index (κ3) is 5.81. The van der Waals surface area contributed by atoms with Crippen LogP contribution in [0.2, 0.25) is 0 Å². The van der Waals surface area contributed by atoms with Crippen molar-refractivity contribution in [3.8, 4) is 0 Å². The van der Waals surface area contributed by atoms with E-state index in [-0.39, 0.29) is 30.7 Å². The zero-order valence-corrected chi connectivity index (χ0v) is 13.3. The Hall–Kier alpha value is -1.47. The summed E-state index contributed by atoms with van der Waals surface area (Å²) in [5.41, 5.74) is 0.836. The van der Waals surface area contributed by atoms with Crippen molar-refractivity contribution in [3.63, 3.8) is 0 Å². The van der Waals surface area contributed by atoms with Crippen LogP contribution in [0.3, 0.4) is 0 Å². The maximum atomic E-state index is 12.9. The number of carbonyl (C=O) groups excluding carboxylic acids is 1. The topological polar surface area (TPSA) is 66.5 Å². The van der Waals surface area contributed by atoms with Gasteiger partial charge in [0.15, 0.2) is 0 Å². The number of amides is 1. The van der Waals surface area contributed by atoms with Crippen molar-refractivity contribution < 1.29 is 17.6 Å². The average Bonchev–Trinajstić information content (AvgIpc) is 2.38. The van der Waals surface area contributed by atoms with Gasteiger partial charge in [-0.2, -0.15) is 0 Å². The zero-order valence-electron chi connectivity index (χ0n) is 12.5. The van der Waals surface area contributed by atoms with E-state index in [4.69, 9.17) is 0 Å². The second-order valence-corrected chi connectivity index (χ2v) is 6.66. The number of nitrogens with zero attached hydrogens (tertiary/aromatic N) is 1. The van der Waals surface area contributed by atoms with Gasteiger partial charge in [0, 0.05) is 19.5 Å². The Bertz CT molecular complexity index is 572. The number of nitrogens with one attached hydrogen (secondary N) is 1. The number of carbonyl (C=O) groups is 1. The summed E-state index contributed by atoms with van der Waals surface area (Å²) < 4.78 is 37.2. The van der Waals surface area contributed by atoms with E-state index in [0.29, 0.717) is 6.54 Å². The average molecular weight is 316 g/mol. The molecule has 0 saturated carbocycles. The number of hydrogen-bond donors (Lipinski definition) is 1. The van der Waals surface area contributed by atoms with Gasteiger partial charge in [-0.25, -0.2) is 17.5 Å². The highest BCUT2D eigenvalue weighted by Gasteiger charge is 2.19. The van der Waals surface area contributed by atoms with Gasteiger partial charge in [-0.15, -0.1) is 0 Å². The summed E-state index contributed by atoms with van der Waals surface area (Å²) in [6, 6.07) is 5.81. The van der Waals surface area contributed by atoms with E-state index in [1.165, 1.54) is 12.1 Å². The molecule has 1 atom stereocenters. The summed E-state index contributed by atoms with van der Waals surface area (Å²) >= 11 is 0. The number of hydrogen-bond acceptors (Lipinski definition) is 3. The molecule has 1 rings (SSSR count). The maximum absolute atomic E-state index is 12.9. The molecule has 0 saturated heterocycles. The normalized spacial score (nSPS) is 13.0. The van der Waals surface area contributed by atoms with Crippen LogP contribution in [-0.4, -0.2) is 38.6 Å². The molecule has 0 radical (unpaired) electrons. The van der Waals surface area contributed by atoms with Crippen molar-refractivity contribution in [2.24, 2.45) is 0 Å². The number of sulfonamides is 1. The fourth-order valence-electron chi connectivity index (χ4n) is 2.07. The number of benzene rings is 1. The summed E-state index contributed by atoms with van der Waals surface area (Å²) in [5.74, 6) is -0.469. The highest BCUT2D eigenvalue weighted by atomic mass is 32.2. The van der Waals surface area contributed by atoms with Crippen LogP contribution in [0.1, 0.15) is 31.9 Å². The highest BCUT2D eigenvalue weighted by Crippen LogP contribution is 2.20. The lowest BCUT2D eigenvalue weighted by Gasteiger charge is -2.28. The van der Waals surface area contributed by atoms with Gasteiger partial charge in [0.1, 0.15) is 5.82 Å². The van der Waals surface area contributed by atoms with Gasteiger partial charge in [-0.05, 0) is 31.5 Å². The second kappa shape index (κ2) is 7.51. The molecule has 5 nitrogen and oxygen atoms in total. The predicted molar refractivity (Wildman–Crippen MR) is 79.7 cm³/mol. The molecule has 0 aliphatic rings. The fraction of sp³-hybridized carbons (Fsp3) is 0.500. The van der Waals surface area contributed by atoms with Crippen molar-refractivity contribution in [2.45, 2.75) is 26.3 Å². The Balaban J connectivity index is 2.68. The Kier molecular flexibility index (Phi) is 6.29. The molecule has 0 aromatic heterocycles. The van der Waals surface area contributed by atoms with Crippen LogP contribution in [0.15, 0.2) is 24.3 Å². The zero-order chi connectivity index (χ0) is 16.0. The molecule has 21 heavy (non-hydrogen) atoms. The van der Waals surface area contributed by atoms with Gasteiger partial charge in [-0.1, -0.05) is 12.1 Å². The first-order valence-electron chi connectivity index (χ1n) is 6.74. The lowest BCUT2D eigenvalue weighted by Crippen LogP contribution is -2.36. The SMILES string of the molecule is CCN(C(=O)CCNS(C)(=O)=O)[C@H](C)c1ccc(F)cc1. The Labute approximate surface area is 125 Å². The molecular weight excluding hydrogens is 295 g/mol. The van der Waals surface area contributed by atoms with Crippen LogP contribution >= 0.6 is 0 Å². The summed E-state index contributed by atoms with van der Waals surface area (Å²) in [7, 11) is -3.29. The molecule has 0 spiro atoms. The third-order valence-electron chi connectivity index (χ3n) is 3.18. The Morgan fingerprint density at radius 2 is 1.90 bits per heavy atom. The van der Waals surface area contributed by atoms with Crippen LogP contribution in [0.5, 0.6) is 0 Å². The van der Waals surface area contributed by atoms with E-state index in [0.717, 1.165) is 11.8 Å². The highest BCUT2D eigenvalue weighted by molar-refractivity contribution is 7.88. The van der Waals surface area contributed by atoms with Gasteiger partial charge in [-0.3, -0.25) is 4.79 Å². The minimum atomic E-state index is -3.29. The molecule has 0 aliphatic carbocycles. The van der Waals surface area contributed by atoms with Gasteiger partial charge in [0.2, 0.25) is 15.9 Å². The van der Waals surface area contributed by atoms with Crippen molar-refractivity contribution in [1.82, 2.24) is 9.62 Å². The van der Waals surface area contributed by atoms with Crippen LogP contribution in [0.25, 0.3) is 0 Å². The van der Waals surface area contributed by atoms with Crippen molar-refractivity contribution in [2.75, 3.05) is 19.3 Å². The predicted octanol–water partition coefficient (Wildman–Crippen LogP) is 1.67. The quantitative estimate of drug-likeness (QED) is 0.832. The van der Waals surface area contributed by atoms with Gasteiger partial charge >= 0.3 is 0 Å². The van der Waals surface area contributed by atoms with E-state index in [1.54, 1.807) is 17.0 Å². The van der Waals surface area contributed by atoms with E-state index in [9.17, 15) is 17.6 Å². The van der Waals surface area contributed by atoms with Crippen molar-refractivity contribution in [3.05, 3.63) is 35.6 Å². The van der Waals surface area contributed by atoms with E-state index in [2.05, 4.69) is 4.72 Å². The van der Waals surface area contributed by atoms with Crippen LogP contribution in [0.4, 0.5) is 4.39 Å². The molecule has 1 aromatic carbocycles. The number of rotatable bonds is 7. The summed E-state index contributed by atoms with van der Waals surface area (Å²) in [6.07, 6.45) is 1.14. The maximum Gasteiger partial charge on any atom is 0.224 e. The second-order valence-electron chi connectivity index (χ2n) is 4.82. The molecule has 1 amide bonds. The molecule has 1 N–H and O–H groups in total. The van der Waals surface area contributed by atoms with Gasteiger partial charge in [0.25, 0.3) is 0 Å². The molecule has 0 bridgehead atoms. The molecule has 118 valence electrons. The molecule has 1 aromatic rings. The molecule has 7 heteroatoms. The Morgan fingerprint density at radius 1 is 1.33 bits per heavy atom. The monoisotopic (exact) mass is 316 g/mol. The largest absolute Gasteiger partial charge is 0.336 e. The van der Waals surface area contributed by atoms with Crippen LogP contribution in [0, 0.1) is 5.82 Å². The minimum Gasteiger partial charge on any atom is -0.336 e. The fourth-order valence-corrected chi connectivity index (χ4v) is 2.55. The molecule has 0 fully saturated rings. The van der Waals surface area contributed by atoms with Gasteiger partial charge < -0.3 is 4.90 Å². The lowest BCUT2D eigenvalue weighted by molar-refractivity contribution is -0.132. The van der Waals surface area contributed by atoms with Crippen LogP contribution in [-0.2, 0) is 14.8 Å². The lowest BCUT2D eigenvalue weighted by atomic mass is 10.1. The molecule has 0 unspecified atom stereocenters. The molecular formula is C14H21FN2O3S. The number of halogens is 1. The smallest absolute Gasteiger partial charge is 0.224 e. The summed E-state index contributed by atoms with van der Waals surface area (Å²) in [4.78, 5) is 13.8. The molecule has 0 aliphatic heterocycles. The Morgan fingerprint density at radius 3 is 2.38 bits per heavy atom. The summed E-state index contributed by atoms with van der Waals surface area (Å²) in [5, 5.41) is 0. The van der Waals surface area contributed by atoms with E-state index < -0.39 is 10.0 Å². The third-order valence-corrected chi connectivity index (χ3v) is 3.91. The first-order chi connectivity index (χ1) is 9.74.